The highest BCUT2D eigenvalue weighted by molar-refractivity contribution is 6.32. The predicted octanol–water partition coefficient (Wildman–Crippen LogP) is 5.10. The van der Waals surface area contributed by atoms with Crippen LogP contribution in [0.15, 0.2) is 12.4 Å². The summed E-state index contributed by atoms with van der Waals surface area (Å²) in [6.45, 7) is 1.34. The summed E-state index contributed by atoms with van der Waals surface area (Å²) in [5, 5.41) is 18.2. The number of nitrogens with two attached hydrogens (primary N) is 1. The van der Waals surface area contributed by atoms with Crippen LogP contribution in [0.5, 0.6) is 0 Å². The second kappa shape index (κ2) is 12.7. The molecule has 0 spiro atoms. The fourth-order valence-electron chi connectivity index (χ4n) is 5.23. The first-order valence-electron chi connectivity index (χ1n) is 13.5. The molecule has 2 aromatic heterocycles. The van der Waals surface area contributed by atoms with E-state index in [0.29, 0.717) is 17.5 Å². The van der Waals surface area contributed by atoms with E-state index in [4.69, 9.17) is 22.3 Å². The summed E-state index contributed by atoms with van der Waals surface area (Å²) in [6.07, 6.45) is 14.9. The van der Waals surface area contributed by atoms with Crippen molar-refractivity contribution in [3.05, 3.63) is 23.1 Å². The average Bonchev–Trinajstić information content (AvgIpc) is 3.62. The van der Waals surface area contributed by atoms with Crippen molar-refractivity contribution in [3.8, 4) is 11.3 Å². The monoisotopic (exact) mass is 517 g/mol. The lowest BCUT2D eigenvalue weighted by molar-refractivity contribution is 0.108. The number of rotatable bonds is 13. The van der Waals surface area contributed by atoms with Gasteiger partial charge < -0.3 is 21.1 Å². The molecular weight excluding hydrogens is 478 g/mol. The maximum Gasteiger partial charge on any atom is 0.407 e. The topological polar surface area (TPSA) is 122 Å². The van der Waals surface area contributed by atoms with Gasteiger partial charge in [0.05, 0.1) is 23.1 Å². The molecule has 9 nitrogen and oxygen atoms in total. The van der Waals surface area contributed by atoms with E-state index in [1.54, 1.807) is 11.1 Å². The van der Waals surface area contributed by atoms with Crippen molar-refractivity contribution >= 4 is 23.6 Å². The van der Waals surface area contributed by atoms with Crippen molar-refractivity contribution in [2.75, 3.05) is 18.4 Å². The Morgan fingerprint density at radius 1 is 1.14 bits per heavy atom. The number of amides is 1. The standard InChI is InChI=1S/C26H40ClN7O2/c1-33-23(15-18-7-8-18)21(16-30-33)24-22(27)17-29-25(32-24)31-19-9-11-20(12-10-19)34(26(35)36)14-6-4-2-3-5-13-28/h16-20H,2-15,28H2,1H3,(H,35,36)(H,29,31,32). The zero-order valence-corrected chi connectivity index (χ0v) is 22.1. The first-order chi connectivity index (χ1) is 17.5. The Kier molecular flexibility index (Phi) is 9.42. The van der Waals surface area contributed by atoms with E-state index in [2.05, 4.69) is 15.4 Å². The highest BCUT2D eigenvalue weighted by Crippen LogP contribution is 2.37. The Hall–Kier alpha value is -2.39. The Balaban J connectivity index is 1.32. The smallest absolute Gasteiger partial charge is 0.407 e. The lowest BCUT2D eigenvalue weighted by Gasteiger charge is -2.35. The molecule has 198 valence electrons. The van der Waals surface area contributed by atoms with Crippen LogP contribution in [0.4, 0.5) is 10.7 Å². The number of hydrogen-bond acceptors (Lipinski definition) is 6. The molecule has 0 saturated heterocycles. The van der Waals surface area contributed by atoms with Crippen LogP contribution in [-0.2, 0) is 13.5 Å². The predicted molar refractivity (Wildman–Crippen MR) is 142 cm³/mol. The summed E-state index contributed by atoms with van der Waals surface area (Å²) in [5.74, 6) is 1.29. The molecular formula is C26H40ClN7O2. The third kappa shape index (κ3) is 7.09. The highest BCUT2D eigenvalue weighted by atomic mass is 35.5. The van der Waals surface area contributed by atoms with Gasteiger partial charge in [0.2, 0.25) is 5.95 Å². The molecule has 1 amide bonds. The minimum absolute atomic E-state index is 0.0756. The quantitative estimate of drug-likeness (QED) is 0.316. The number of carboxylic acid groups (broad SMARTS) is 1. The number of nitrogens with one attached hydrogen (secondary N) is 1. The van der Waals surface area contributed by atoms with Crippen LogP contribution in [0.2, 0.25) is 5.02 Å². The van der Waals surface area contributed by atoms with Crippen molar-refractivity contribution in [3.63, 3.8) is 0 Å². The Bertz CT molecular complexity index is 1000. The van der Waals surface area contributed by atoms with Gasteiger partial charge in [0.25, 0.3) is 0 Å². The Morgan fingerprint density at radius 2 is 1.86 bits per heavy atom. The first kappa shape index (κ1) is 26.7. The molecule has 2 fully saturated rings. The van der Waals surface area contributed by atoms with Crippen molar-refractivity contribution in [1.82, 2.24) is 24.6 Å². The number of nitrogens with zero attached hydrogens (tertiary/aromatic N) is 5. The van der Waals surface area contributed by atoms with E-state index in [1.807, 2.05) is 17.9 Å². The van der Waals surface area contributed by atoms with E-state index in [0.717, 1.165) is 93.6 Å². The van der Waals surface area contributed by atoms with Crippen LogP contribution >= 0.6 is 11.6 Å². The molecule has 0 aliphatic heterocycles. The molecule has 2 aliphatic carbocycles. The van der Waals surface area contributed by atoms with Crippen molar-refractivity contribution in [1.29, 1.82) is 0 Å². The van der Waals surface area contributed by atoms with Gasteiger partial charge in [-0.3, -0.25) is 4.68 Å². The van der Waals surface area contributed by atoms with E-state index < -0.39 is 6.09 Å². The normalized spacial score (nSPS) is 19.9. The van der Waals surface area contributed by atoms with Gasteiger partial charge in [0.1, 0.15) is 0 Å². The van der Waals surface area contributed by atoms with Crippen molar-refractivity contribution in [2.24, 2.45) is 18.7 Å². The second-order valence-electron chi connectivity index (χ2n) is 10.3. The SMILES string of the molecule is Cn1ncc(-c2nc(NC3CCC(N(CCCCCCCN)C(=O)O)CC3)ncc2Cl)c1CC1CC1. The molecule has 2 saturated carbocycles. The van der Waals surface area contributed by atoms with Gasteiger partial charge in [-0.1, -0.05) is 30.9 Å². The molecule has 4 N–H and O–H groups in total. The van der Waals surface area contributed by atoms with Crippen LogP contribution in [0.3, 0.4) is 0 Å². The molecule has 2 aromatic rings. The molecule has 0 aromatic carbocycles. The molecule has 2 heterocycles. The average molecular weight is 518 g/mol. The first-order valence-corrected chi connectivity index (χ1v) is 13.8. The van der Waals surface area contributed by atoms with Gasteiger partial charge in [-0.2, -0.15) is 5.10 Å². The number of anilines is 1. The fourth-order valence-corrected chi connectivity index (χ4v) is 5.42. The lowest BCUT2D eigenvalue weighted by atomic mass is 9.90. The molecule has 0 radical (unpaired) electrons. The molecule has 0 atom stereocenters. The number of hydrogen-bond donors (Lipinski definition) is 3. The van der Waals surface area contributed by atoms with Crippen molar-refractivity contribution in [2.45, 2.75) is 89.1 Å². The third-order valence-electron chi connectivity index (χ3n) is 7.56. The molecule has 2 aliphatic rings. The van der Waals surface area contributed by atoms with Crippen LogP contribution in [0.25, 0.3) is 11.3 Å². The van der Waals surface area contributed by atoms with Gasteiger partial charge in [-0.05, 0) is 70.3 Å². The van der Waals surface area contributed by atoms with Gasteiger partial charge >= 0.3 is 6.09 Å². The van der Waals surface area contributed by atoms with Gasteiger partial charge in [-0.15, -0.1) is 0 Å². The Morgan fingerprint density at radius 3 is 2.56 bits per heavy atom. The van der Waals surface area contributed by atoms with Crippen LogP contribution in [-0.4, -0.2) is 61.0 Å². The largest absolute Gasteiger partial charge is 0.465 e. The zero-order chi connectivity index (χ0) is 25.5. The summed E-state index contributed by atoms with van der Waals surface area (Å²) in [5.41, 5.74) is 8.40. The summed E-state index contributed by atoms with van der Waals surface area (Å²) in [6, 6.07) is 0.286. The fraction of sp³-hybridized carbons (Fsp3) is 0.692. The summed E-state index contributed by atoms with van der Waals surface area (Å²) in [7, 11) is 1.97. The summed E-state index contributed by atoms with van der Waals surface area (Å²) >= 11 is 6.51. The highest BCUT2D eigenvalue weighted by Gasteiger charge is 2.29. The van der Waals surface area contributed by atoms with E-state index in [1.165, 1.54) is 12.8 Å². The number of unbranched alkanes of at least 4 members (excludes halogenated alkanes) is 4. The maximum absolute atomic E-state index is 11.9. The van der Waals surface area contributed by atoms with Gasteiger partial charge in [0, 0.05) is 36.9 Å². The number of aromatic nitrogens is 4. The van der Waals surface area contributed by atoms with E-state index in [9.17, 15) is 9.90 Å². The van der Waals surface area contributed by atoms with Crippen LogP contribution in [0, 0.1) is 5.92 Å². The minimum Gasteiger partial charge on any atom is -0.465 e. The molecule has 0 bridgehead atoms. The summed E-state index contributed by atoms with van der Waals surface area (Å²) < 4.78 is 1.93. The molecule has 10 heteroatoms. The van der Waals surface area contributed by atoms with Gasteiger partial charge in [0.15, 0.2) is 0 Å². The maximum atomic E-state index is 11.9. The summed E-state index contributed by atoms with van der Waals surface area (Å²) in [4.78, 5) is 22.7. The van der Waals surface area contributed by atoms with E-state index in [-0.39, 0.29) is 12.1 Å². The van der Waals surface area contributed by atoms with Gasteiger partial charge in [-0.25, -0.2) is 14.8 Å². The zero-order valence-electron chi connectivity index (χ0n) is 21.3. The lowest BCUT2D eigenvalue weighted by Crippen LogP contribution is -2.44. The second-order valence-corrected chi connectivity index (χ2v) is 10.8. The molecule has 4 rings (SSSR count). The van der Waals surface area contributed by atoms with Crippen LogP contribution < -0.4 is 11.1 Å². The van der Waals surface area contributed by atoms with Crippen LogP contribution in [0.1, 0.15) is 76.3 Å². The molecule has 36 heavy (non-hydrogen) atoms. The minimum atomic E-state index is -0.808. The third-order valence-corrected chi connectivity index (χ3v) is 7.84. The van der Waals surface area contributed by atoms with E-state index >= 15 is 0 Å². The number of halogens is 1. The number of carbonyl (C=O) groups is 1. The Labute approximate surface area is 218 Å². The molecule has 0 unspecified atom stereocenters. The van der Waals surface area contributed by atoms with Crippen molar-refractivity contribution < 1.29 is 9.90 Å². The number of aryl methyl sites for hydroxylation is 1.